The van der Waals surface area contributed by atoms with E-state index in [2.05, 4.69) is 0 Å². The van der Waals surface area contributed by atoms with Crippen LogP contribution >= 0.6 is 11.6 Å². The molecular formula is C14H14ClNO3. The van der Waals surface area contributed by atoms with Crippen molar-refractivity contribution in [2.45, 2.75) is 18.8 Å². The van der Waals surface area contributed by atoms with Gasteiger partial charge in [-0.1, -0.05) is 23.7 Å². The van der Waals surface area contributed by atoms with E-state index in [1.54, 1.807) is 12.1 Å². The second-order valence-corrected chi connectivity index (χ2v) is 5.20. The van der Waals surface area contributed by atoms with Gasteiger partial charge in [-0.05, 0) is 23.6 Å². The molecule has 0 aliphatic heterocycles. The Balaban J connectivity index is 2.18. The molecule has 0 heterocycles. The Morgan fingerprint density at radius 2 is 1.74 bits per heavy atom. The Hall–Kier alpha value is -1.68. The Morgan fingerprint density at radius 1 is 1.21 bits per heavy atom. The maximum Gasteiger partial charge on any atom is 0.168 e. The summed E-state index contributed by atoms with van der Waals surface area (Å²) < 4.78 is 0.517. The van der Waals surface area contributed by atoms with Crippen LogP contribution in [0.4, 0.5) is 0 Å². The summed E-state index contributed by atoms with van der Waals surface area (Å²) in [5.74, 6) is -1.39. The molecule has 0 unspecified atom stereocenters. The first kappa shape index (κ1) is 13.7. The lowest BCUT2D eigenvalue weighted by Crippen LogP contribution is -2.35. The number of carbonyl (C=O) groups is 2. The highest BCUT2D eigenvalue weighted by molar-refractivity contribution is 6.30. The van der Waals surface area contributed by atoms with E-state index < -0.39 is 5.92 Å². The van der Waals surface area contributed by atoms with Crippen LogP contribution in [0.15, 0.2) is 24.3 Å². The molecule has 0 bridgehead atoms. The van der Waals surface area contributed by atoms with E-state index in [1.807, 2.05) is 12.1 Å². The van der Waals surface area contributed by atoms with Gasteiger partial charge in [0.1, 0.15) is 7.05 Å². The summed E-state index contributed by atoms with van der Waals surface area (Å²) in [5, 5.41) is 11.6. The number of hydroxylamine groups is 1. The number of nitrogens with zero attached hydrogens (tertiary/aromatic N) is 1. The van der Waals surface area contributed by atoms with Gasteiger partial charge in [-0.3, -0.25) is 9.59 Å². The van der Waals surface area contributed by atoms with Gasteiger partial charge in [0.25, 0.3) is 0 Å². The average molecular weight is 280 g/mol. The highest BCUT2D eigenvalue weighted by atomic mass is 35.5. The summed E-state index contributed by atoms with van der Waals surface area (Å²) in [6.07, 6.45) is 1.70. The van der Waals surface area contributed by atoms with Gasteiger partial charge in [0.15, 0.2) is 23.7 Å². The van der Waals surface area contributed by atoms with Crippen molar-refractivity contribution < 1.29 is 14.3 Å². The molecule has 0 N–H and O–H groups in total. The normalized spacial score (nSPS) is 24.6. The molecule has 4 nitrogen and oxygen atoms in total. The average Bonchev–Trinajstić information content (AvgIpc) is 2.34. The van der Waals surface area contributed by atoms with E-state index in [0.29, 0.717) is 9.76 Å². The fourth-order valence-electron chi connectivity index (χ4n) is 2.34. The number of halogens is 1. The van der Waals surface area contributed by atoms with Crippen molar-refractivity contribution in [2.75, 3.05) is 7.05 Å². The minimum Gasteiger partial charge on any atom is -0.624 e. The molecule has 5 heteroatoms. The van der Waals surface area contributed by atoms with Crippen molar-refractivity contribution in [1.29, 1.82) is 0 Å². The molecule has 1 aliphatic rings. The van der Waals surface area contributed by atoms with E-state index in [0.717, 1.165) is 11.8 Å². The molecule has 1 saturated carbocycles. The Kier molecular flexibility index (Phi) is 4.00. The van der Waals surface area contributed by atoms with E-state index in [-0.39, 0.29) is 30.3 Å². The molecule has 0 amide bonds. The van der Waals surface area contributed by atoms with E-state index in [9.17, 15) is 14.8 Å². The zero-order valence-electron chi connectivity index (χ0n) is 10.5. The first-order chi connectivity index (χ1) is 8.97. The minimum atomic E-state index is -0.883. The SMILES string of the molecule is C[N+]([O-])=CC1C(=O)CC(c2ccc(Cl)cc2)CC1=O. The van der Waals surface area contributed by atoms with Crippen LogP contribution in [0.3, 0.4) is 0 Å². The third-order valence-corrected chi connectivity index (χ3v) is 3.54. The first-order valence-corrected chi connectivity index (χ1v) is 6.41. The number of ketones is 2. The van der Waals surface area contributed by atoms with E-state index >= 15 is 0 Å². The Morgan fingerprint density at radius 3 is 2.21 bits per heavy atom. The molecule has 1 aromatic rings. The fourth-order valence-corrected chi connectivity index (χ4v) is 2.46. The monoisotopic (exact) mass is 279 g/mol. The molecule has 0 atom stereocenters. The van der Waals surface area contributed by atoms with Crippen molar-refractivity contribution in [3.63, 3.8) is 0 Å². The highest BCUT2D eigenvalue weighted by Crippen LogP contribution is 2.31. The molecular weight excluding hydrogens is 266 g/mol. The zero-order chi connectivity index (χ0) is 14.0. The largest absolute Gasteiger partial charge is 0.624 e. The lowest BCUT2D eigenvalue weighted by Gasteiger charge is -2.24. The summed E-state index contributed by atoms with van der Waals surface area (Å²) >= 11 is 5.81. The summed E-state index contributed by atoms with van der Waals surface area (Å²) in [6.45, 7) is 0. The summed E-state index contributed by atoms with van der Waals surface area (Å²) in [4.78, 5) is 23.9. The van der Waals surface area contributed by atoms with Gasteiger partial charge in [0, 0.05) is 17.9 Å². The van der Waals surface area contributed by atoms with Crippen molar-refractivity contribution >= 4 is 29.4 Å². The van der Waals surface area contributed by atoms with Crippen LogP contribution in [0.5, 0.6) is 0 Å². The molecule has 0 radical (unpaired) electrons. The summed E-state index contributed by atoms with van der Waals surface area (Å²) in [6, 6.07) is 7.15. The number of hydrogen-bond donors (Lipinski definition) is 0. The molecule has 19 heavy (non-hydrogen) atoms. The van der Waals surface area contributed by atoms with Crippen molar-refractivity contribution in [3.8, 4) is 0 Å². The maximum absolute atomic E-state index is 11.9. The smallest absolute Gasteiger partial charge is 0.168 e. The minimum absolute atomic E-state index is 0.112. The maximum atomic E-state index is 11.9. The number of carbonyl (C=O) groups excluding carboxylic acids is 2. The zero-order valence-corrected chi connectivity index (χ0v) is 11.3. The van der Waals surface area contributed by atoms with Crippen LogP contribution < -0.4 is 0 Å². The van der Waals surface area contributed by atoms with E-state index in [4.69, 9.17) is 11.6 Å². The molecule has 1 fully saturated rings. The molecule has 1 aliphatic carbocycles. The fraction of sp³-hybridized carbons (Fsp3) is 0.357. The summed E-state index contributed by atoms with van der Waals surface area (Å²) in [5.41, 5.74) is 0.931. The summed E-state index contributed by atoms with van der Waals surface area (Å²) in [7, 11) is 1.27. The van der Waals surface area contributed by atoms with Gasteiger partial charge in [-0.15, -0.1) is 0 Å². The standard InChI is InChI=1S/C14H14ClNO3/c1-16(19)8-12-13(17)6-10(7-14(12)18)9-2-4-11(15)5-3-9/h2-5,8,10,12H,6-7H2,1H3. The van der Waals surface area contributed by atoms with Crippen LogP contribution in [0.25, 0.3) is 0 Å². The van der Waals surface area contributed by atoms with Crippen LogP contribution in [-0.2, 0) is 9.59 Å². The lowest BCUT2D eigenvalue weighted by atomic mass is 9.77. The third-order valence-electron chi connectivity index (χ3n) is 3.29. The van der Waals surface area contributed by atoms with Crippen molar-refractivity contribution in [2.24, 2.45) is 5.92 Å². The topological polar surface area (TPSA) is 60.2 Å². The number of benzene rings is 1. The van der Waals surface area contributed by atoms with Gasteiger partial charge < -0.3 is 5.21 Å². The molecule has 0 spiro atoms. The predicted octanol–water partition coefficient (Wildman–Crippen LogP) is 2.18. The van der Waals surface area contributed by atoms with Gasteiger partial charge in [0.05, 0.1) is 0 Å². The van der Waals surface area contributed by atoms with Crippen LogP contribution in [-0.4, -0.2) is 29.6 Å². The molecule has 2 rings (SSSR count). The Labute approximate surface area is 116 Å². The second-order valence-electron chi connectivity index (χ2n) is 4.76. The van der Waals surface area contributed by atoms with Crippen LogP contribution in [0.2, 0.25) is 5.02 Å². The van der Waals surface area contributed by atoms with E-state index in [1.165, 1.54) is 7.05 Å². The second kappa shape index (κ2) is 5.53. The molecule has 0 aromatic heterocycles. The van der Waals surface area contributed by atoms with Crippen LogP contribution in [0.1, 0.15) is 24.3 Å². The van der Waals surface area contributed by atoms with Crippen molar-refractivity contribution in [1.82, 2.24) is 0 Å². The number of rotatable bonds is 2. The predicted molar refractivity (Wildman–Crippen MR) is 72.5 cm³/mol. The molecule has 100 valence electrons. The quantitative estimate of drug-likeness (QED) is 0.274. The third kappa shape index (κ3) is 3.20. The van der Waals surface area contributed by atoms with Gasteiger partial charge >= 0.3 is 0 Å². The first-order valence-electron chi connectivity index (χ1n) is 6.03. The number of hydrogen-bond acceptors (Lipinski definition) is 3. The van der Waals surface area contributed by atoms with Gasteiger partial charge in [-0.25, -0.2) is 4.74 Å². The molecule has 1 aromatic carbocycles. The van der Waals surface area contributed by atoms with Crippen LogP contribution in [0, 0.1) is 11.1 Å². The molecule has 0 saturated heterocycles. The van der Waals surface area contributed by atoms with Gasteiger partial charge in [0.2, 0.25) is 0 Å². The Bertz CT molecular complexity index is 514. The highest BCUT2D eigenvalue weighted by Gasteiger charge is 2.36. The van der Waals surface area contributed by atoms with Gasteiger partial charge in [-0.2, -0.15) is 0 Å². The van der Waals surface area contributed by atoms with Crippen molar-refractivity contribution in [3.05, 3.63) is 40.1 Å². The number of Topliss-reactive ketones (excluding diaryl/α,β-unsaturated/α-hetero) is 2. The lowest BCUT2D eigenvalue weighted by molar-refractivity contribution is -0.419.